The van der Waals surface area contributed by atoms with Crippen molar-refractivity contribution < 1.29 is 9.53 Å². The van der Waals surface area contributed by atoms with Crippen molar-refractivity contribution in [2.24, 2.45) is 5.73 Å². The maximum absolute atomic E-state index is 12.0. The molecule has 1 atom stereocenters. The largest absolute Gasteiger partial charge is 0.376 e. The second kappa shape index (κ2) is 7.68. The van der Waals surface area contributed by atoms with E-state index in [2.05, 4.69) is 17.2 Å². The fourth-order valence-corrected chi connectivity index (χ4v) is 2.14. The summed E-state index contributed by atoms with van der Waals surface area (Å²) in [7, 11) is 0. The minimum absolute atomic E-state index is 0.0718. The molecule has 1 aliphatic heterocycles. The van der Waals surface area contributed by atoms with Gasteiger partial charge in [0, 0.05) is 24.3 Å². The van der Waals surface area contributed by atoms with E-state index >= 15 is 0 Å². The zero-order valence-corrected chi connectivity index (χ0v) is 11.5. The molecule has 4 nitrogen and oxygen atoms in total. The van der Waals surface area contributed by atoms with E-state index in [4.69, 9.17) is 10.5 Å². The molecule has 106 valence electrons. The molecule has 0 radical (unpaired) electrons. The van der Waals surface area contributed by atoms with Crippen molar-refractivity contribution >= 4 is 5.91 Å². The van der Waals surface area contributed by atoms with Crippen LogP contribution in [0.3, 0.4) is 0 Å². The third-order valence-corrected chi connectivity index (χ3v) is 3.25. The predicted octanol–water partition coefficient (Wildman–Crippen LogP) is 1.30. The van der Waals surface area contributed by atoms with Gasteiger partial charge in [-0.3, -0.25) is 4.79 Å². The van der Waals surface area contributed by atoms with Gasteiger partial charge >= 0.3 is 0 Å². The highest BCUT2D eigenvalue weighted by Gasteiger charge is 2.15. The summed E-state index contributed by atoms with van der Waals surface area (Å²) in [5.41, 5.74) is 6.82. The standard InChI is InChI=1S/C16H20N2O2/c17-10-3-4-13-6-8-14(9-7-13)16(19)18-12-15-5-1-2-11-20-15/h6-9,15H,1-2,5,10-12,17H2,(H,18,19). The maximum atomic E-state index is 12.0. The van der Waals surface area contributed by atoms with Crippen molar-refractivity contribution in [1.29, 1.82) is 0 Å². The number of carbonyl (C=O) groups excluding carboxylic acids is 1. The van der Waals surface area contributed by atoms with Crippen LogP contribution in [0.25, 0.3) is 0 Å². The number of ether oxygens (including phenoxy) is 1. The van der Waals surface area contributed by atoms with Crippen molar-refractivity contribution in [2.75, 3.05) is 19.7 Å². The van der Waals surface area contributed by atoms with Gasteiger partial charge in [0.15, 0.2) is 0 Å². The Labute approximate surface area is 119 Å². The average molecular weight is 272 g/mol. The van der Waals surface area contributed by atoms with Gasteiger partial charge < -0.3 is 15.8 Å². The third-order valence-electron chi connectivity index (χ3n) is 3.25. The number of amides is 1. The van der Waals surface area contributed by atoms with Crippen LogP contribution in [0.1, 0.15) is 35.2 Å². The molecule has 2 rings (SSSR count). The van der Waals surface area contributed by atoms with E-state index in [9.17, 15) is 4.79 Å². The van der Waals surface area contributed by atoms with Gasteiger partial charge in [0.05, 0.1) is 12.6 Å². The summed E-state index contributed by atoms with van der Waals surface area (Å²) in [5.74, 6) is 5.64. The van der Waals surface area contributed by atoms with Crippen LogP contribution >= 0.6 is 0 Å². The predicted molar refractivity (Wildman–Crippen MR) is 78.3 cm³/mol. The van der Waals surface area contributed by atoms with E-state index in [0.717, 1.165) is 25.0 Å². The normalized spacial score (nSPS) is 17.9. The summed E-state index contributed by atoms with van der Waals surface area (Å²) in [6.45, 7) is 1.71. The van der Waals surface area contributed by atoms with Crippen LogP contribution in [0.15, 0.2) is 24.3 Å². The summed E-state index contributed by atoms with van der Waals surface area (Å²) in [6, 6.07) is 7.21. The monoisotopic (exact) mass is 272 g/mol. The van der Waals surface area contributed by atoms with E-state index in [1.165, 1.54) is 6.42 Å². The van der Waals surface area contributed by atoms with Crippen molar-refractivity contribution in [3.63, 3.8) is 0 Å². The first-order valence-corrected chi connectivity index (χ1v) is 6.98. The number of nitrogens with one attached hydrogen (secondary N) is 1. The zero-order chi connectivity index (χ0) is 14.2. The molecule has 1 aromatic carbocycles. The van der Waals surface area contributed by atoms with Crippen LogP contribution in [-0.2, 0) is 4.74 Å². The van der Waals surface area contributed by atoms with Crippen molar-refractivity contribution in [3.05, 3.63) is 35.4 Å². The Bertz CT molecular complexity index is 493. The smallest absolute Gasteiger partial charge is 0.251 e. The van der Waals surface area contributed by atoms with Crippen LogP contribution in [0.2, 0.25) is 0 Å². The second-order valence-corrected chi connectivity index (χ2v) is 4.78. The molecule has 0 saturated carbocycles. The Balaban J connectivity index is 1.85. The molecule has 1 fully saturated rings. The Hall–Kier alpha value is -1.83. The van der Waals surface area contributed by atoms with Gasteiger partial charge in [0.1, 0.15) is 0 Å². The Kier molecular flexibility index (Phi) is 5.60. The highest BCUT2D eigenvalue weighted by atomic mass is 16.5. The lowest BCUT2D eigenvalue weighted by atomic mass is 10.1. The molecular weight excluding hydrogens is 252 g/mol. The summed E-state index contributed by atoms with van der Waals surface area (Å²) in [6.07, 6.45) is 3.47. The fourth-order valence-electron chi connectivity index (χ4n) is 2.14. The molecule has 1 unspecified atom stereocenters. The second-order valence-electron chi connectivity index (χ2n) is 4.78. The number of rotatable bonds is 3. The lowest BCUT2D eigenvalue weighted by Gasteiger charge is -2.22. The molecule has 1 aliphatic rings. The summed E-state index contributed by atoms with van der Waals surface area (Å²) in [5, 5.41) is 2.91. The van der Waals surface area contributed by atoms with Gasteiger partial charge in [-0.15, -0.1) is 0 Å². The first kappa shape index (κ1) is 14.6. The highest BCUT2D eigenvalue weighted by Crippen LogP contribution is 2.12. The van der Waals surface area contributed by atoms with E-state index < -0.39 is 0 Å². The average Bonchev–Trinajstić information content (AvgIpc) is 2.52. The molecule has 20 heavy (non-hydrogen) atoms. The molecule has 0 aromatic heterocycles. The minimum Gasteiger partial charge on any atom is -0.376 e. The fraction of sp³-hybridized carbons (Fsp3) is 0.438. The Morgan fingerprint density at radius 3 is 2.80 bits per heavy atom. The van der Waals surface area contributed by atoms with E-state index in [1.54, 1.807) is 12.1 Å². The first-order valence-electron chi connectivity index (χ1n) is 6.98. The number of nitrogens with two attached hydrogens (primary N) is 1. The molecule has 0 aliphatic carbocycles. The molecule has 3 N–H and O–H groups in total. The summed E-state index contributed by atoms with van der Waals surface area (Å²) >= 11 is 0. The minimum atomic E-state index is -0.0718. The number of benzene rings is 1. The molecule has 4 heteroatoms. The van der Waals surface area contributed by atoms with Crippen LogP contribution in [0, 0.1) is 11.8 Å². The molecule has 1 amide bonds. The molecule has 1 aromatic rings. The number of carbonyl (C=O) groups is 1. The van der Waals surface area contributed by atoms with Crippen LogP contribution in [-0.4, -0.2) is 31.7 Å². The molecule has 1 heterocycles. The highest BCUT2D eigenvalue weighted by molar-refractivity contribution is 5.94. The van der Waals surface area contributed by atoms with Gasteiger partial charge in [0.2, 0.25) is 0 Å². The van der Waals surface area contributed by atoms with Crippen LogP contribution < -0.4 is 11.1 Å². The number of hydrogen-bond acceptors (Lipinski definition) is 3. The molecular formula is C16H20N2O2. The van der Waals surface area contributed by atoms with Crippen LogP contribution in [0.5, 0.6) is 0 Å². The molecule has 1 saturated heterocycles. The summed E-state index contributed by atoms with van der Waals surface area (Å²) < 4.78 is 5.58. The van der Waals surface area contributed by atoms with Gasteiger partial charge in [0.25, 0.3) is 5.91 Å². The van der Waals surface area contributed by atoms with Crippen molar-refractivity contribution in [1.82, 2.24) is 5.32 Å². The number of hydrogen-bond donors (Lipinski definition) is 2. The SMILES string of the molecule is NCC#Cc1ccc(C(=O)NCC2CCCCO2)cc1. The van der Waals surface area contributed by atoms with Gasteiger partial charge in [-0.1, -0.05) is 11.8 Å². The van der Waals surface area contributed by atoms with Crippen molar-refractivity contribution in [2.45, 2.75) is 25.4 Å². The molecule has 0 spiro atoms. The third kappa shape index (κ3) is 4.37. The van der Waals surface area contributed by atoms with E-state index in [-0.39, 0.29) is 12.0 Å². The molecule has 0 bridgehead atoms. The maximum Gasteiger partial charge on any atom is 0.251 e. The zero-order valence-electron chi connectivity index (χ0n) is 11.5. The Morgan fingerprint density at radius 2 is 2.15 bits per heavy atom. The van der Waals surface area contributed by atoms with Crippen molar-refractivity contribution in [3.8, 4) is 11.8 Å². The van der Waals surface area contributed by atoms with Crippen LogP contribution in [0.4, 0.5) is 0 Å². The summed E-state index contributed by atoms with van der Waals surface area (Å²) in [4.78, 5) is 12.0. The van der Waals surface area contributed by atoms with E-state index in [1.807, 2.05) is 12.1 Å². The lowest BCUT2D eigenvalue weighted by Crippen LogP contribution is -2.35. The van der Waals surface area contributed by atoms with Gasteiger partial charge in [-0.25, -0.2) is 0 Å². The quantitative estimate of drug-likeness (QED) is 0.815. The van der Waals surface area contributed by atoms with Gasteiger partial charge in [-0.2, -0.15) is 0 Å². The lowest BCUT2D eigenvalue weighted by molar-refractivity contribution is 0.0169. The first-order chi connectivity index (χ1) is 9.79. The topological polar surface area (TPSA) is 64.4 Å². The van der Waals surface area contributed by atoms with Gasteiger partial charge in [-0.05, 0) is 43.5 Å². The Morgan fingerprint density at radius 1 is 1.35 bits per heavy atom. The van der Waals surface area contributed by atoms with E-state index in [0.29, 0.717) is 18.7 Å².